The highest BCUT2D eigenvalue weighted by Gasteiger charge is 2.26. The molecule has 3 heterocycles. The third kappa shape index (κ3) is 3.70. The number of piperidine rings is 1. The van der Waals surface area contributed by atoms with Crippen molar-refractivity contribution in [2.24, 2.45) is 5.92 Å². The molecule has 0 unspecified atom stereocenters. The Kier molecular flexibility index (Phi) is 4.97. The van der Waals surface area contributed by atoms with Crippen molar-refractivity contribution in [2.45, 2.75) is 12.8 Å². The molecule has 0 saturated carbocycles. The van der Waals surface area contributed by atoms with Gasteiger partial charge in [-0.25, -0.2) is 17.7 Å². The number of carbonyl (C=O) groups excluding carboxylic acids is 1. The smallest absolute Gasteiger partial charge is 0.270 e. The van der Waals surface area contributed by atoms with E-state index in [-0.39, 0.29) is 29.4 Å². The molecule has 0 spiro atoms. The minimum Gasteiger partial charge on any atom is -0.504 e. The first-order chi connectivity index (χ1) is 12.3. The van der Waals surface area contributed by atoms with E-state index in [4.69, 9.17) is 0 Å². The summed E-state index contributed by atoms with van der Waals surface area (Å²) >= 11 is 0. The van der Waals surface area contributed by atoms with E-state index in [1.54, 1.807) is 0 Å². The van der Waals surface area contributed by atoms with Crippen molar-refractivity contribution in [1.29, 1.82) is 0 Å². The second-order valence-electron chi connectivity index (χ2n) is 6.40. The number of rotatable bonds is 4. The zero-order valence-corrected chi connectivity index (χ0v) is 15.1. The zero-order valence-electron chi connectivity index (χ0n) is 14.3. The molecule has 1 atom stereocenters. The maximum absolute atomic E-state index is 12.4. The summed E-state index contributed by atoms with van der Waals surface area (Å²) < 4.78 is 25.8. The fourth-order valence-corrected chi connectivity index (χ4v) is 4.02. The Hall–Kier alpha value is -2.46. The number of aromatic hydroxyl groups is 1. The van der Waals surface area contributed by atoms with Gasteiger partial charge in [0.25, 0.3) is 11.5 Å². The minimum absolute atomic E-state index is 0.0114. The molecule has 1 aliphatic heterocycles. The van der Waals surface area contributed by atoms with Crippen molar-refractivity contribution < 1.29 is 18.3 Å². The molecule has 140 valence electrons. The maximum atomic E-state index is 12.4. The van der Waals surface area contributed by atoms with E-state index in [9.17, 15) is 23.1 Å². The van der Waals surface area contributed by atoms with Crippen LogP contribution in [0.4, 0.5) is 0 Å². The van der Waals surface area contributed by atoms with Crippen molar-refractivity contribution in [2.75, 3.05) is 25.9 Å². The third-order valence-electron chi connectivity index (χ3n) is 4.46. The predicted molar refractivity (Wildman–Crippen MR) is 94.6 cm³/mol. The van der Waals surface area contributed by atoms with E-state index >= 15 is 0 Å². The van der Waals surface area contributed by atoms with E-state index in [2.05, 4.69) is 10.3 Å². The van der Waals surface area contributed by atoms with E-state index in [1.807, 2.05) is 0 Å². The van der Waals surface area contributed by atoms with Gasteiger partial charge in [0.1, 0.15) is 5.56 Å². The highest BCUT2D eigenvalue weighted by atomic mass is 32.2. The average molecular weight is 380 g/mol. The molecule has 0 aliphatic carbocycles. The molecule has 9 nitrogen and oxygen atoms in total. The van der Waals surface area contributed by atoms with Crippen molar-refractivity contribution >= 4 is 21.6 Å². The van der Waals surface area contributed by atoms with Crippen LogP contribution in [0.2, 0.25) is 0 Å². The lowest BCUT2D eigenvalue weighted by Gasteiger charge is -2.30. The first kappa shape index (κ1) is 18.3. The van der Waals surface area contributed by atoms with Crippen molar-refractivity contribution in [3.8, 4) is 5.75 Å². The van der Waals surface area contributed by atoms with E-state index < -0.39 is 21.5 Å². The summed E-state index contributed by atoms with van der Waals surface area (Å²) in [6, 6.07) is 2.88. The molecule has 10 heteroatoms. The van der Waals surface area contributed by atoms with Gasteiger partial charge in [0.15, 0.2) is 11.4 Å². The SMILES string of the molecule is CS(=O)(=O)N1CCC[C@H](CNC(=O)c2cnc3c(O)cccn3c2=O)C1. The second kappa shape index (κ2) is 7.04. The average Bonchev–Trinajstić information content (AvgIpc) is 2.60. The number of aromatic nitrogens is 2. The molecule has 0 bridgehead atoms. The van der Waals surface area contributed by atoms with Gasteiger partial charge < -0.3 is 10.4 Å². The molecule has 2 aromatic rings. The molecule has 1 aliphatic rings. The van der Waals surface area contributed by atoms with Gasteiger partial charge in [0.2, 0.25) is 10.0 Å². The predicted octanol–water partition coefficient (Wildman–Crippen LogP) is -0.199. The summed E-state index contributed by atoms with van der Waals surface area (Å²) in [7, 11) is -3.25. The molecule has 0 aromatic carbocycles. The molecule has 2 aromatic heterocycles. The van der Waals surface area contributed by atoms with Crippen LogP contribution in [-0.4, -0.2) is 59.0 Å². The number of sulfonamides is 1. The van der Waals surface area contributed by atoms with Gasteiger partial charge in [-0.2, -0.15) is 0 Å². The summed E-state index contributed by atoms with van der Waals surface area (Å²) in [5.74, 6) is -0.737. The summed E-state index contributed by atoms with van der Waals surface area (Å²) in [5, 5.41) is 12.4. The number of hydrogen-bond acceptors (Lipinski definition) is 6. The van der Waals surface area contributed by atoms with Crippen LogP contribution in [0.5, 0.6) is 5.75 Å². The number of nitrogens with zero attached hydrogens (tertiary/aromatic N) is 3. The fraction of sp³-hybridized carbons (Fsp3) is 0.438. The Bertz CT molecular complexity index is 1000. The van der Waals surface area contributed by atoms with Crippen LogP contribution in [0.15, 0.2) is 29.3 Å². The summed E-state index contributed by atoms with van der Waals surface area (Å²) in [4.78, 5) is 28.7. The summed E-state index contributed by atoms with van der Waals surface area (Å²) in [5.41, 5.74) is -0.640. The van der Waals surface area contributed by atoms with Crippen LogP contribution in [-0.2, 0) is 10.0 Å². The fourth-order valence-electron chi connectivity index (χ4n) is 3.07. The largest absolute Gasteiger partial charge is 0.504 e. The Balaban J connectivity index is 1.72. The first-order valence-corrected chi connectivity index (χ1v) is 10.0. The van der Waals surface area contributed by atoms with Gasteiger partial charge in [-0.3, -0.25) is 14.0 Å². The van der Waals surface area contributed by atoms with E-state index in [0.29, 0.717) is 13.1 Å². The molecular formula is C16H20N4O5S. The monoisotopic (exact) mass is 380 g/mol. The Morgan fingerprint density at radius 3 is 2.96 bits per heavy atom. The normalized spacial score (nSPS) is 18.7. The van der Waals surface area contributed by atoms with Gasteiger partial charge in [-0.15, -0.1) is 0 Å². The van der Waals surface area contributed by atoms with Gasteiger partial charge in [-0.1, -0.05) is 0 Å². The number of pyridine rings is 1. The second-order valence-corrected chi connectivity index (χ2v) is 8.39. The molecule has 0 radical (unpaired) electrons. The lowest BCUT2D eigenvalue weighted by Crippen LogP contribution is -2.43. The van der Waals surface area contributed by atoms with Crippen LogP contribution in [0, 0.1) is 5.92 Å². The minimum atomic E-state index is -3.25. The highest BCUT2D eigenvalue weighted by Crippen LogP contribution is 2.18. The van der Waals surface area contributed by atoms with E-state index in [1.165, 1.54) is 28.9 Å². The van der Waals surface area contributed by atoms with Crippen molar-refractivity contribution in [3.63, 3.8) is 0 Å². The van der Waals surface area contributed by atoms with Gasteiger partial charge in [0.05, 0.1) is 6.26 Å². The van der Waals surface area contributed by atoms with E-state index in [0.717, 1.165) is 23.4 Å². The van der Waals surface area contributed by atoms with Crippen LogP contribution < -0.4 is 10.9 Å². The summed E-state index contributed by atoms with van der Waals surface area (Å²) in [6.07, 6.45) is 5.26. The molecule has 2 N–H and O–H groups in total. The Labute approximate surface area is 150 Å². The zero-order chi connectivity index (χ0) is 18.9. The summed E-state index contributed by atoms with van der Waals surface area (Å²) in [6.45, 7) is 1.11. The number of hydrogen-bond donors (Lipinski definition) is 2. The third-order valence-corrected chi connectivity index (χ3v) is 5.73. The van der Waals surface area contributed by atoms with Gasteiger partial charge in [-0.05, 0) is 30.9 Å². The number of carbonyl (C=O) groups is 1. The quantitative estimate of drug-likeness (QED) is 0.758. The number of fused-ring (bicyclic) bond motifs is 1. The molecule has 1 saturated heterocycles. The molecule has 1 fully saturated rings. The van der Waals surface area contributed by atoms with Gasteiger partial charge in [0, 0.05) is 32.0 Å². The maximum Gasteiger partial charge on any atom is 0.270 e. The van der Waals surface area contributed by atoms with Crippen LogP contribution >= 0.6 is 0 Å². The molecule has 3 rings (SSSR count). The van der Waals surface area contributed by atoms with Gasteiger partial charge >= 0.3 is 0 Å². The lowest BCUT2D eigenvalue weighted by atomic mass is 9.99. The standard InChI is InChI=1S/C16H20N4O5S/c1-26(24,25)19-6-2-4-11(10-19)8-18-15(22)12-9-17-14-13(21)5-3-7-20(14)16(12)23/h3,5,7,9,11,21H,2,4,6,8,10H2,1H3,(H,18,22)/t11-/m1/s1. The molecule has 1 amide bonds. The van der Waals surface area contributed by atoms with Crippen LogP contribution in [0.1, 0.15) is 23.2 Å². The Morgan fingerprint density at radius 1 is 1.46 bits per heavy atom. The topological polar surface area (TPSA) is 121 Å². The number of amides is 1. The Morgan fingerprint density at radius 2 is 2.23 bits per heavy atom. The molecular weight excluding hydrogens is 360 g/mol. The first-order valence-electron chi connectivity index (χ1n) is 8.20. The van der Waals surface area contributed by atoms with Crippen LogP contribution in [0.25, 0.3) is 5.65 Å². The lowest BCUT2D eigenvalue weighted by molar-refractivity contribution is 0.0939. The van der Waals surface area contributed by atoms with Crippen LogP contribution in [0.3, 0.4) is 0 Å². The highest BCUT2D eigenvalue weighted by molar-refractivity contribution is 7.88. The number of nitrogens with one attached hydrogen (secondary N) is 1. The molecule has 26 heavy (non-hydrogen) atoms. The van der Waals surface area contributed by atoms with Crippen molar-refractivity contribution in [3.05, 3.63) is 40.4 Å². The van der Waals surface area contributed by atoms with Crippen molar-refractivity contribution in [1.82, 2.24) is 19.0 Å².